The largest absolute Gasteiger partial charge is 0.443 e. The van der Waals surface area contributed by atoms with Gasteiger partial charge in [-0.05, 0) is 25.7 Å². The highest BCUT2D eigenvalue weighted by atomic mass is 16.6. The van der Waals surface area contributed by atoms with Crippen LogP contribution in [0.1, 0.15) is 41.0 Å². The van der Waals surface area contributed by atoms with Crippen molar-refractivity contribution in [2.75, 3.05) is 19.7 Å². The Morgan fingerprint density at radius 3 is 2.24 bits per heavy atom. The minimum atomic E-state index is -0.445. The van der Waals surface area contributed by atoms with E-state index in [1.165, 1.54) is 0 Å². The van der Waals surface area contributed by atoms with Gasteiger partial charge in [0.2, 0.25) is 0 Å². The van der Waals surface area contributed by atoms with E-state index in [4.69, 9.17) is 9.84 Å². The number of aliphatic hydroxyl groups excluding tert-OH is 1. The molecule has 0 aromatic heterocycles. The van der Waals surface area contributed by atoms with Crippen LogP contribution in [0.2, 0.25) is 0 Å². The maximum Gasteiger partial charge on any atom is 0.410 e. The Morgan fingerprint density at radius 2 is 1.82 bits per heavy atom. The van der Waals surface area contributed by atoms with Crippen LogP contribution in [0.4, 0.5) is 4.79 Å². The van der Waals surface area contributed by atoms with Crippen LogP contribution in [-0.4, -0.2) is 41.4 Å². The van der Waals surface area contributed by atoms with E-state index in [1.807, 2.05) is 13.8 Å². The molecule has 4 heteroatoms. The molecule has 1 rings (SSSR count). The summed E-state index contributed by atoms with van der Waals surface area (Å²) in [7, 11) is 0. The van der Waals surface area contributed by atoms with E-state index in [9.17, 15) is 4.79 Å². The van der Waals surface area contributed by atoms with Crippen LogP contribution in [0.5, 0.6) is 0 Å². The smallest absolute Gasteiger partial charge is 0.410 e. The third-order valence-electron chi connectivity index (χ3n) is 2.79. The van der Waals surface area contributed by atoms with E-state index in [2.05, 4.69) is 20.8 Å². The van der Waals surface area contributed by atoms with Crippen molar-refractivity contribution in [1.82, 2.24) is 4.90 Å². The van der Waals surface area contributed by atoms with Gasteiger partial charge in [0, 0.05) is 25.6 Å². The molecule has 1 saturated heterocycles. The Hall–Kier alpha value is -0.770. The zero-order chi connectivity index (χ0) is 13.3. The molecule has 0 unspecified atom stereocenters. The monoisotopic (exact) mass is 243 g/mol. The van der Waals surface area contributed by atoms with Crippen molar-refractivity contribution in [1.29, 1.82) is 0 Å². The van der Waals surface area contributed by atoms with Crippen LogP contribution in [0.25, 0.3) is 0 Å². The van der Waals surface area contributed by atoms with E-state index in [-0.39, 0.29) is 24.0 Å². The number of hydrogen-bond donors (Lipinski definition) is 1. The number of rotatable bonds is 3. The van der Waals surface area contributed by atoms with E-state index in [0.717, 1.165) is 6.42 Å². The van der Waals surface area contributed by atoms with Crippen LogP contribution in [0.3, 0.4) is 0 Å². The minimum absolute atomic E-state index is 0.131. The second-order valence-electron chi connectivity index (χ2n) is 6.82. The van der Waals surface area contributed by atoms with Crippen molar-refractivity contribution in [3.63, 3.8) is 0 Å². The van der Waals surface area contributed by atoms with Gasteiger partial charge in [-0.15, -0.1) is 0 Å². The average molecular weight is 243 g/mol. The third-order valence-corrected chi connectivity index (χ3v) is 2.79. The zero-order valence-electron chi connectivity index (χ0n) is 11.6. The fraction of sp³-hybridized carbons (Fsp3) is 0.923. The average Bonchev–Trinajstić information content (AvgIpc) is 1.94. The lowest BCUT2D eigenvalue weighted by atomic mass is 9.84. The molecule has 0 spiro atoms. The molecule has 1 aliphatic rings. The van der Waals surface area contributed by atoms with E-state index < -0.39 is 5.60 Å². The lowest BCUT2D eigenvalue weighted by Gasteiger charge is -2.40. The first kappa shape index (κ1) is 14.3. The molecule has 0 aromatic rings. The number of nitrogens with zero attached hydrogens (tertiary/aromatic N) is 1. The van der Waals surface area contributed by atoms with Crippen molar-refractivity contribution in [3.05, 3.63) is 0 Å². The first-order chi connectivity index (χ1) is 7.63. The van der Waals surface area contributed by atoms with Crippen molar-refractivity contribution in [3.8, 4) is 0 Å². The molecule has 0 atom stereocenters. The molecular formula is C13H25NO3. The number of carbonyl (C=O) groups is 1. The first-order valence-electron chi connectivity index (χ1n) is 6.22. The topological polar surface area (TPSA) is 49.8 Å². The van der Waals surface area contributed by atoms with Gasteiger partial charge in [-0.2, -0.15) is 0 Å². The molecule has 0 aliphatic carbocycles. The maximum absolute atomic E-state index is 11.8. The standard InChI is InChI=1S/C13H25NO3/c1-12(2,3)9-13(4,5)17-11(16)14-6-10(7-14)8-15/h10,15H,6-9H2,1-5H3. The predicted octanol–water partition coefficient (Wildman–Crippen LogP) is 2.26. The second-order valence-corrected chi connectivity index (χ2v) is 6.82. The highest BCUT2D eigenvalue weighted by Gasteiger charge is 2.35. The van der Waals surface area contributed by atoms with E-state index >= 15 is 0 Å². The van der Waals surface area contributed by atoms with Gasteiger partial charge in [-0.1, -0.05) is 20.8 Å². The van der Waals surface area contributed by atoms with Gasteiger partial charge < -0.3 is 14.7 Å². The summed E-state index contributed by atoms with van der Waals surface area (Å²) >= 11 is 0. The van der Waals surface area contributed by atoms with Crippen molar-refractivity contribution < 1.29 is 14.6 Å². The van der Waals surface area contributed by atoms with Crippen molar-refractivity contribution in [2.45, 2.75) is 46.6 Å². The summed E-state index contributed by atoms with van der Waals surface area (Å²) in [5.41, 5.74) is -0.313. The van der Waals surface area contributed by atoms with Gasteiger partial charge in [-0.3, -0.25) is 0 Å². The summed E-state index contributed by atoms with van der Waals surface area (Å²) in [6.07, 6.45) is 0.562. The number of hydrogen-bond acceptors (Lipinski definition) is 3. The van der Waals surface area contributed by atoms with Gasteiger partial charge in [0.1, 0.15) is 5.60 Å². The van der Waals surface area contributed by atoms with Crippen LogP contribution in [0.15, 0.2) is 0 Å². The predicted molar refractivity (Wildman–Crippen MR) is 66.8 cm³/mol. The Morgan fingerprint density at radius 1 is 1.29 bits per heavy atom. The van der Waals surface area contributed by atoms with Crippen LogP contribution < -0.4 is 0 Å². The molecule has 0 bridgehead atoms. The summed E-state index contributed by atoms with van der Waals surface area (Å²) < 4.78 is 5.52. The van der Waals surface area contributed by atoms with E-state index in [1.54, 1.807) is 4.90 Å². The minimum Gasteiger partial charge on any atom is -0.443 e. The zero-order valence-corrected chi connectivity index (χ0v) is 11.6. The van der Waals surface area contributed by atoms with Crippen molar-refractivity contribution >= 4 is 6.09 Å². The molecule has 0 aromatic carbocycles. The number of carbonyl (C=O) groups excluding carboxylic acids is 1. The molecule has 1 N–H and O–H groups in total. The normalized spacial score (nSPS) is 17.9. The molecule has 100 valence electrons. The molecular weight excluding hydrogens is 218 g/mol. The number of likely N-dealkylation sites (tertiary alicyclic amines) is 1. The molecule has 0 saturated carbocycles. The van der Waals surface area contributed by atoms with Gasteiger partial charge in [-0.25, -0.2) is 4.79 Å². The van der Waals surface area contributed by atoms with Crippen LogP contribution in [-0.2, 0) is 4.74 Å². The number of ether oxygens (including phenoxy) is 1. The third kappa shape index (κ3) is 4.54. The maximum atomic E-state index is 11.8. The van der Waals surface area contributed by atoms with Crippen LogP contribution in [0, 0.1) is 11.3 Å². The molecule has 1 amide bonds. The number of aliphatic hydroxyl groups is 1. The van der Waals surface area contributed by atoms with Crippen LogP contribution >= 0.6 is 0 Å². The Bertz CT molecular complexity index is 275. The SMILES string of the molecule is CC(C)(C)CC(C)(C)OC(=O)N1CC(CO)C1. The summed E-state index contributed by atoms with van der Waals surface area (Å²) in [5.74, 6) is 0.230. The molecule has 1 fully saturated rings. The highest BCUT2D eigenvalue weighted by molar-refractivity contribution is 5.69. The Labute approximate surface area is 104 Å². The summed E-state index contributed by atoms with van der Waals surface area (Å²) in [5, 5.41) is 8.89. The summed E-state index contributed by atoms with van der Waals surface area (Å²) in [6.45, 7) is 11.7. The fourth-order valence-corrected chi connectivity index (χ4v) is 2.45. The van der Waals surface area contributed by atoms with Gasteiger partial charge in [0.25, 0.3) is 0 Å². The quantitative estimate of drug-likeness (QED) is 0.827. The molecule has 17 heavy (non-hydrogen) atoms. The Kier molecular flexibility index (Phi) is 4.07. The van der Waals surface area contributed by atoms with Gasteiger partial charge in [0.05, 0.1) is 0 Å². The van der Waals surface area contributed by atoms with Crippen molar-refractivity contribution in [2.24, 2.45) is 11.3 Å². The second kappa shape index (κ2) is 4.84. The first-order valence-corrected chi connectivity index (χ1v) is 6.22. The molecule has 1 aliphatic heterocycles. The van der Waals surface area contributed by atoms with E-state index in [0.29, 0.717) is 13.1 Å². The molecule has 0 radical (unpaired) electrons. The summed E-state index contributed by atoms with van der Waals surface area (Å²) in [4.78, 5) is 13.5. The fourth-order valence-electron chi connectivity index (χ4n) is 2.45. The lowest BCUT2D eigenvalue weighted by Crippen LogP contribution is -2.53. The van der Waals surface area contributed by atoms with Gasteiger partial charge in [0.15, 0.2) is 0 Å². The van der Waals surface area contributed by atoms with Gasteiger partial charge >= 0.3 is 6.09 Å². The Balaban J connectivity index is 2.40. The molecule has 1 heterocycles. The summed E-state index contributed by atoms with van der Waals surface area (Å²) in [6, 6.07) is 0. The highest BCUT2D eigenvalue weighted by Crippen LogP contribution is 2.30. The number of amides is 1. The molecule has 4 nitrogen and oxygen atoms in total. The lowest BCUT2D eigenvalue weighted by molar-refractivity contribution is -0.0327.